The summed E-state index contributed by atoms with van der Waals surface area (Å²) in [5.74, 6) is 0. The minimum Gasteiger partial charge on any atom is -0.383 e. The summed E-state index contributed by atoms with van der Waals surface area (Å²) < 4.78 is 5.05. The minimum atomic E-state index is 0.620. The van der Waals surface area contributed by atoms with Crippen molar-refractivity contribution in [3.63, 3.8) is 0 Å². The maximum atomic E-state index is 5.05. The van der Waals surface area contributed by atoms with Crippen LogP contribution in [0.4, 0.5) is 5.69 Å². The lowest BCUT2D eigenvalue weighted by Gasteiger charge is -2.39. The van der Waals surface area contributed by atoms with Gasteiger partial charge in [-0.1, -0.05) is 6.07 Å². The Morgan fingerprint density at radius 1 is 1.33 bits per heavy atom. The predicted molar refractivity (Wildman–Crippen MR) is 89.1 cm³/mol. The van der Waals surface area contributed by atoms with Crippen LogP contribution in [0, 0.1) is 6.92 Å². The number of hydrogen-bond acceptors (Lipinski definition) is 4. The Labute approximate surface area is 129 Å². The Hall–Kier alpha value is -1.10. The number of nitrogens with zero attached hydrogens (tertiary/aromatic N) is 2. The molecule has 1 unspecified atom stereocenters. The SMILES string of the molecule is COCCNCc1ccc(N2CCN(C)C(C)C2)cc1C. The van der Waals surface area contributed by atoms with E-state index < -0.39 is 0 Å². The van der Waals surface area contributed by atoms with E-state index in [2.05, 4.69) is 54.2 Å². The molecule has 1 N–H and O–H groups in total. The van der Waals surface area contributed by atoms with Gasteiger partial charge in [-0.2, -0.15) is 0 Å². The second kappa shape index (κ2) is 7.78. The molecular weight excluding hydrogens is 262 g/mol. The lowest BCUT2D eigenvalue weighted by atomic mass is 10.1. The zero-order chi connectivity index (χ0) is 15.2. The van der Waals surface area contributed by atoms with Gasteiger partial charge in [-0.15, -0.1) is 0 Å². The van der Waals surface area contributed by atoms with E-state index in [-0.39, 0.29) is 0 Å². The number of ether oxygens (including phenoxy) is 1. The van der Waals surface area contributed by atoms with Gasteiger partial charge in [0.25, 0.3) is 0 Å². The Kier molecular flexibility index (Phi) is 6.03. The largest absolute Gasteiger partial charge is 0.383 e. The molecule has 21 heavy (non-hydrogen) atoms. The van der Waals surface area contributed by atoms with E-state index in [4.69, 9.17) is 4.74 Å². The van der Waals surface area contributed by atoms with Crippen LogP contribution in [0.15, 0.2) is 18.2 Å². The van der Waals surface area contributed by atoms with Crippen molar-refractivity contribution in [1.29, 1.82) is 0 Å². The van der Waals surface area contributed by atoms with Crippen molar-refractivity contribution < 1.29 is 4.74 Å². The first-order chi connectivity index (χ1) is 10.1. The highest BCUT2D eigenvalue weighted by Gasteiger charge is 2.20. The van der Waals surface area contributed by atoms with Gasteiger partial charge in [-0.3, -0.25) is 0 Å². The third kappa shape index (κ3) is 4.43. The molecule has 1 fully saturated rings. The van der Waals surface area contributed by atoms with Crippen LogP contribution < -0.4 is 10.2 Å². The molecule has 4 heteroatoms. The first-order valence-electron chi connectivity index (χ1n) is 7.86. The number of benzene rings is 1. The standard InChI is InChI=1S/C17H29N3O/c1-14-11-17(20-9-8-19(3)15(2)13-20)6-5-16(14)12-18-7-10-21-4/h5-6,11,15,18H,7-10,12-13H2,1-4H3. The van der Waals surface area contributed by atoms with Gasteiger partial charge < -0.3 is 19.9 Å². The summed E-state index contributed by atoms with van der Waals surface area (Å²) in [6.45, 7) is 10.4. The number of nitrogens with one attached hydrogen (secondary N) is 1. The van der Waals surface area contributed by atoms with Crippen molar-refractivity contribution in [2.24, 2.45) is 0 Å². The Balaban J connectivity index is 1.95. The van der Waals surface area contributed by atoms with Crippen LogP contribution in [0.3, 0.4) is 0 Å². The molecule has 0 radical (unpaired) electrons. The third-order valence-electron chi connectivity index (χ3n) is 4.45. The lowest BCUT2D eigenvalue weighted by Crippen LogP contribution is -2.50. The van der Waals surface area contributed by atoms with Crippen molar-refractivity contribution in [3.05, 3.63) is 29.3 Å². The van der Waals surface area contributed by atoms with Gasteiger partial charge in [0.2, 0.25) is 0 Å². The Morgan fingerprint density at radius 3 is 2.81 bits per heavy atom. The summed E-state index contributed by atoms with van der Waals surface area (Å²) in [5, 5.41) is 3.41. The number of likely N-dealkylation sites (N-methyl/N-ethyl adjacent to an activating group) is 1. The summed E-state index contributed by atoms with van der Waals surface area (Å²) >= 11 is 0. The second-order valence-corrected chi connectivity index (χ2v) is 6.06. The number of hydrogen-bond donors (Lipinski definition) is 1. The van der Waals surface area contributed by atoms with E-state index in [1.165, 1.54) is 16.8 Å². The maximum absolute atomic E-state index is 5.05. The molecule has 1 saturated heterocycles. The Bertz CT molecular complexity index is 450. The van der Waals surface area contributed by atoms with Crippen LogP contribution in [-0.4, -0.2) is 57.9 Å². The monoisotopic (exact) mass is 291 g/mol. The van der Waals surface area contributed by atoms with Crippen molar-refractivity contribution in [3.8, 4) is 0 Å². The Morgan fingerprint density at radius 2 is 2.14 bits per heavy atom. The number of rotatable bonds is 6. The minimum absolute atomic E-state index is 0.620. The number of anilines is 1. The van der Waals surface area contributed by atoms with Gasteiger partial charge in [0.05, 0.1) is 6.61 Å². The zero-order valence-corrected chi connectivity index (χ0v) is 13.9. The zero-order valence-electron chi connectivity index (χ0n) is 13.9. The van der Waals surface area contributed by atoms with Crippen LogP contribution in [0.1, 0.15) is 18.1 Å². The van der Waals surface area contributed by atoms with E-state index in [1.54, 1.807) is 7.11 Å². The number of methoxy groups -OCH3 is 1. The number of aryl methyl sites for hydroxylation is 1. The van der Waals surface area contributed by atoms with Crippen LogP contribution in [-0.2, 0) is 11.3 Å². The first kappa shape index (κ1) is 16.3. The summed E-state index contributed by atoms with van der Waals surface area (Å²) in [5.41, 5.74) is 4.09. The summed E-state index contributed by atoms with van der Waals surface area (Å²) in [7, 11) is 3.95. The van der Waals surface area contributed by atoms with E-state index >= 15 is 0 Å². The highest BCUT2D eigenvalue weighted by atomic mass is 16.5. The van der Waals surface area contributed by atoms with Gasteiger partial charge in [0.15, 0.2) is 0 Å². The van der Waals surface area contributed by atoms with Crippen LogP contribution in [0.2, 0.25) is 0 Å². The van der Waals surface area contributed by atoms with Crippen LogP contribution in [0.5, 0.6) is 0 Å². The fourth-order valence-electron chi connectivity index (χ4n) is 2.76. The van der Waals surface area contributed by atoms with Crippen molar-refractivity contribution in [2.45, 2.75) is 26.4 Å². The van der Waals surface area contributed by atoms with E-state index in [0.29, 0.717) is 6.04 Å². The van der Waals surface area contributed by atoms with Crippen molar-refractivity contribution in [1.82, 2.24) is 10.2 Å². The van der Waals surface area contributed by atoms with Gasteiger partial charge in [0.1, 0.15) is 0 Å². The second-order valence-electron chi connectivity index (χ2n) is 6.06. The van der Waals surface area contributed by atoms with Gasteiger partial charge in [0, 0.05) is 51.6 Å². The molecule has 0 bridgehead atoms. The van der Waals surface area contributed by atoms with Gasteiger partial charge in [-0.05, 0) is 44.2 Å². The summed E-state index contributed by atoms with van der Waals surface area (Å²) in [6, 6.07) is 7.46. The molecule has 1 aliphatic rings. The average molecular weight is 291 g/mol. The molecule has 4 nitrogen and oxygen atoms in total. The molecular formula is C17H29N3O. The first-order valence-corrected chi connectivity index (χ1v) is 7.86. The van der Waals surface area contributed by atoms with Gasteiger partial charge in [-0.25, -0.2) is 0 Å². The quantitative estimate of drug-likeness (QED) is 0.810. The smallest absolute Gasteiger partial charge is 0.0587 e. The van der Waals surface area contributed by atoms with Gasteiger partial charge >= 0.3 is 0 Å². The van der Waals surface area contributed by atoms with E-state index in [9.17, 15) is 0 Å². The van der Waals surface area contributed by atoms with Crippen LogP contribution >= 0.6 is 0 Å². The highest BCUT2D eigenvalue weighted by Crippen LogP contribution is 2.22. The van der Waals surface area contributed by atoms with E-state index in [1.807, 2.05) is 0 Å². The summed E-state index contributed by atoms with van der Waals surface area (Å²) in [4.78, 5) is 4.93. The fourth-order valence-corrected chi connectivity index (χ4v) is 2.76. The lowest BCUT2D eigenvalue weighted by molar-refractivity contribution is 0.199. The molecule has 1 atom stereocenters. The van der Waals surface area contributed by atoms with Crippen LogP contribution in [0.25, 0.3) is 0 Å². The molecule has 1 aromatic carbocycles. The number of piperazine rings is 1. The summed E-state index contributed by atoms with van der Waals surface area (Å²) in [6.07, 6.45) is 0. The van der Waals surface area contributed by atoms with Crippen molar-refractivity contribution in [2.75, 3.05) is 51.8 Å². The normalized spacial score (nSPS) is 20.0. The molecule has 118 valence electrons. The van der Waals surface area contributed by atoms with E-state index in [0.717, 1.165) is 39.3 Å². The maximum Gasteiger partial charge on any atom is 0.0587 e. The molecule has 0 saturated carbocycles. The molecule has 1 heterocycles. The molecule has 1 aromatic rings. The molecule has 0 aromatic heterocycles. The highest BCUT2D eigenvalue weighted by molar-refractivity contribution is 5.51. The molecule has 0 aliphatic carbocycles. The third-order valence-corrected chi connectivity index (χ3v) is 4.45. The molecule has 2 rings (SSSR count). The van der Waals surface area contributed by atoms with Crippen molar-refractivity contribution >= 4 is 5.69 Å². The molecule has 0 amide bonds. The average Bonchev–Trinajstić information content (AvgIpc) is 2.48. The molecule has 0 spiro atoms. The fraction of sp³-hybridized carbons (Fsp3) is 0.647. The topological polar surface area (TPSA) is 27.7 Å². The predicted octanol–water partition coefficient (Wildman–Crippen LogP) is 1.87. The molecule has 1 aliphatic heterocycles.